The number of nitrogens with one attached hydrogen (secondary N) is 1. The number of rotatable bonds is 11. The number of nitrogens with zero attached hydrogens (tertiary/aromatic N) is 3. The fourth-order valence-corrected chi connectivity index (χ4v) is 3.18. The van der Waals surface area contributed by atoms with Crippen LogP contribution >= 0.6 is 11.6 Å². The van der Waals surface area contributed by atoms with E-state index in [-0.39, 0.29) is 34.1 Å². The molecule has 168 valence electrons. The number of ketones is 1. The summed E-state index contributed by atoms with van der Waals surface area (Å²) in [5, 5.41) is 2.70. The number of nitrogen functional groups attached to an aromatic ring is 2. The number of anilines is 2. The predicted molar refractivity (Wildman–Crippen MR) is 119 cm³/mol. The van der Waals surface area contributed by atoms with Gasteiger partial charge in [-0.25, -0.2) is 14.4 Å². The molecule has 8 nitrogen and oxygen atoms in total. The second kappa shape index (κ2) is 11.0. The topological polar surface area (TPSA) is 124 Å². The van der Waals surface area contributed by atoms with Crippen LogP contribution in [0.1, 0.15) is 35.3 Å². The summed E-state index contributed by atoms with van der Waals surface area (Å²) in [5.74, 6) is -0.715. The van der Waals surface area contributed by atoms with Gasteiger partial charge in [0.25, 0.3) is 5.91 Å². The van der Waals surface area contributed by atoms with Crippen LogP contribution in [0.3, 0.4) is 0 Å². The molecule has 0 saturated heterocycles. The van der Waals surface area contributed by atoms with Crippen molar-refractivity contribution in [2.75, 3.05) is 45.2 Å². The van der Waals surface area contributed by atoms with Crippen molar-refractivity contribution in [3.8, 4) is 0 Å². The summed E-state index contributed by atoms with van der Waals surface area (Å²) < 4.78 is 13.6. The predicted octanol–water partition coefficient (Wildman–Crippen LogP) is 2.22. The number of hydrogen-bond acceptors (Lipinski definition) is 6. The lowest BCUT2D eigenvalue weighted by Gasteiger charge is -2.29. The van der Waals surface area contributed by atoms with Crippen molar-refractivity contribution in [2.24, 2.45) is 0 Å². The zero-order chi connectivity index (χ0) is 23.0. The van der Waals surface area contributed by atoms with Gasteiger partial charge in [-0.2, -0.15) is 0 Å². The molecule has 1 heterocycles. The maximum atomic E-state index is 12.9. The van der Waals surface area contributed by atoms with Crippen LogP contribution in [0.5, 0.6) is 0 Å². The maximum absolute atomic E-state index is 12.9. The Morgan fingerprint density at radius 1 is 1.06 bits per heavy atom. The molecule has 0 spiro atoms. The van der Waals surface area contributed by atoms with Crippen molar-refractivity contribution >= 4 is 34.9 Å². The molecule has 0 aliphatic heterocycles. The van der Waals surface area contributed by atoms with Gasteiger partial charge in [0, 0.05) is 12.8 Å². The summed E-state index contributed by atoms with van der Waals surface area (Å²) in [6, 6.07) is 6.01. The highest BCUT2D eigenvalue weighted by Gasteiger charge is 2.19. The number of Topliss-reactive ketones (excluding diaryl/α,β-unsaturated/α-hetero) is 1. The zero-order valence-electron chi connectivity index (χ0n) is 17.8. The van der Waals surface area contributed by atoms with Gasteiger partial charge in [0.15, 0.2) is 22.5 Å². The van der Waals surface area contributed by atoms with Crippen molar-refractivity contribution in [3.63, 3.8) is 0 Å². The lowest BCUT2D eigenvalue weighted by Crippen LogP contribution is -2.46. The van der Waals surface area contributed by atoms with Crippen LogP contribution in [0.15, 0.2) is 24.3 Å². The molecular formula is C21H29ClFN6O2+. The molecule has 0 aliphatic rings. The first kappa shape index (κ1) is 24.5. The van der Waals surface area contributed by atoms with Crippen LogP contribution in [-0.2, 0) is 11.2 Å². The Hall–Kier alpha value is -2.78. The molecule has 2 rings (SSSR count). The molecule has 0 radical (unpaired) electrons. The molecule has 0 atom stereocenters. The average molecular weight is 452 g/mol. The molecule has 1 amide bonds. The lowest BCUT2D eigenvalue weighted by molar-refractivity contribution is -0.889. The maximum Gasteiger partial charge on any atom is 0.273 e. The Labute approximate surface area is 186 Å². The number of aromatic nitrogens is 2. The number of nitrogens with two attached hydrogens (primary N) is 2. The molecule has 0 aliphatic carbocycles. The zero-order valence-corrected chi connectivity index (χ0v) is 18.6. The van der Waals surface area contributed by atoms with Gasteiger partial charge >= 0.3 is 0 Å². The standard InChI is InChI=1S/C21H28ClFN6O2/c1-29(2,11-4-3-5-16(30)13-14-6-8-15(23)9-7-14)12-10-26-21(31)17-19(24)28-20(25)18(22)27-17/h6-9H,3-5,10-13H2,1-2H3,(H4-,24,25,26,28,31)/p+1. The van der Waals surface area contributed by atoms with E-state index in [1.54, 1.807) is 12.1 Å². The highest BCUT2D eigenvalue weighted by atomic mass is 35.5. The highest BCUT2D eigenvalue weighted by molar-refractivity contribution is 6.31. The van der Waals surface area contributed by atoms with E-state index in [4.69, 9.17) is 23.1 Å². The number of amides is 1. The van der Waals surface area contributed by atoms with E-state index < -0.39 is 5.91 Å². The van der Waals surface area contributed by atoms with E-state index in [9.17, 15) is 14.0 Å². The number of carbonyl (C=O) groups excluding carboxylic acids is 2. The molecule has 5 N–H and O–H groups in total. The number of quaternary nitrogens is 1. The third-order valence-electron chi connectivity index (χ3n) is 4.91. The number of hydrogen-bond donors (Lipinski definition) is 3. The summed E-state index contributed by atoms with van der Waals surface area (Å²) in [6.07, 6.45) is 2.47. The molecule has 2 aromatic rings. The van der Waals surface area contributed by atoms with Gasteiger partial charge in [0.05, 0.1) is 33.7 Å². The largest absolute Gasteiger partial charge is 0.382 e. The second-order valence-corrected chi connectivity index (χ2v) is 8.43. The average Bonchev–Trinajstić information content (AvgIpc) is 2.69. The van der Waals surface area contributed by atoms with Crippen molar-refractivity contribution in [2.45, 2.75) is 25.7 Å². The van der Waals surface area contributed by atoms with Gasteiger partial charge in [-0.15, -0.1) is 0 Å². The molecule has 1 aromatic heterocycles. The minimum absolute atomic E-state index is 0.0235. The van der Waals surface area contributed by atoms with Crippen molar-refractivity contribution in [1.29, 1.82) is 0 Å². The molecule has 1 aromatic carbocycles. The van der Waals surface area contributed by atoms with Crippen LogP contribution in [0.4, 0.5) is 16.0 Å². The minimum Gasteiger partial charge on any atom is -0.382 e. The quantitative estimate of drug-likeness (QED) is 0.355. The van der Waals surface area contributed by atoms with Gasteiger partial charge < -0.3 is 21.3 Å². The van der Waals surface area contributed by atoms with Crippen LogP contribution in [-0.4, -0.2) is 59.9 Å². The molecule has 0 saturated carbocycles. The summed E-state index contributed by atoms with van der Waals surface area (Å²) >= 11 is 5.80. The van der Waals surface area contributed by atoms with E-state index in [1.165, 1.54) is 12.1 Å². The first-order chi connectivity index (χ1) is 14.6. The van der Waals surface area contributed by atoms with Gasteiger partial charge in [-0.3, -0.25) is 9.59 Å². The summed E-state index contributed by atoms with van der Waals surface area (Å²) in [7, 11) is 4.11. The van der Waals surface area contributed by atoms with Gasteiger partial charge in [-0.05, 0) is 30.5 Å². The number of carbonyl (C=O) groups is 2. The molecule has 0 fully saturated rings. The number of unbranched alkanes of at least 4 members (excludes halogenated alkanes) is 1. The Kier molecular flexibility index (Phi) is 8.70. The number of likely N-dealkylation sites (N-methyl/N-ethyl adjacent to an activating group) is 1. The Balaban J connectivity index is 1.68. The molecule has 10 heteroatoms. The van der Waals surface area contributed by atoms with Crippen molar-refractivity contribution in [3.05, 3.63) is 46.5 Å². The lowest BCUT2D eigenvalue weighted by atomic mass is 10.0. The fraction of sp³-hybridized carbons (Fsp3) is 0.429. The van der Waals surface area contributed by atoms with E-state index in [1.807, 2.05) is 0 Å². The SMILES string of the molecule is C[N+](C)(CCCCC(=O)Cc1ccc(F)cc1)CCNC(=O)c1nc(Cl)c(N)nc1N. The van der Waals surface area contributed by atoms with E-state index in [0.717, 1.165) is 24.9 Å². The Morgan fingerprint density at radius 2 is 1.74 bits per heavy atom. The smallest absolute Gasteiger partial charge is 0.273 e. The summed E-state index contributed by atoms with van der Waals surface area (Å²) in [6.45, 7) is 1.96. The van der Waals surface area contributed by atoms with Crippen molar-refractivity contribution in [1.82, 2.24) is 15.3 Å². The van der Waals surface area contributed by atoms with E-state index >= 15 is 0 Å². The third-order valence-corrected chi connectivity index (χ3v) is 5.18. The second-order valence-electron chi connectivity index (χ2n) is 8.07. The normalized spacial score (nSPS) is 11.4. The summed E-state index contributed by atoms with van der Waals surface area (Å²) in [4.78, 5) is 32.0. The first-order valence-corrected chi connectivity index (χ1v) is 10.4. The monoisotopic (exact) mass is 451 g/mol. The number of benzene rings is 1. The van der Waals surface area contributed by atoms with E-state index in [2.05, 4.69) is 29.4 Å². The van der Waals surface area contributed by atoms with Crippen LogP contribution in [0, 0.1) is 5.82 Å². The third kappa shape index (κ3) is 8.10. The first-order valence-electron chi connectivity index (χ1n) is 10.0. The van der Waals surface area contributed by atoms with E-state index in [0.29, 0.717) is 30.4 Å². The van der Waals surface area contributed by atoms with Gasteiger partial charge in [0.1, 0.15) is 11.6 Å². The van der Waals surface area contributed by atoms with Crippen LogP contribution < -0.4 is 16.8 Å². The molecular weight excluding hydrogens is 423 g/mol. The van der Waals surface area contributed by atoms with Crippen molar-refractivity contribution < 1.29 is 18.5 Å². The Bertz CT molecular complexity index is 921. The fourth-order valence-electron chi connectivity index (χ4n) is 3.06. The molecule has 31 heavy (non-hydrogen) atoms. The van der Waals surface area contributed by atoms with Gasteiger partial charge in [0.2, 0.25) is 0 Å². The van der Waals surface area contributed by atoms with Crippen LogP contribution in [0.25, 0.3) is 0 Å². The minimum atomic E-state index is -0.460. The molecule has 0 unspecified atom stereocenters. The highest BCUT2D eigenvalue weighted by Crippen LogP contribution is 2.17. The Morgan fingerprint density at radius 3 is 2.42 bits per heavy atom. The van der Waals surface area contributed by atoms with Gasteiger partial charge in [-0.1, -0.05) is 23.7 Å². The van der Waals surface area contributed by atoms with Crippen LogP contribution in [0.2, 0.25) is 5.15 Å². The summed E-state index contributed by atoms with van der Waals surface area (Å²) in [5.41, 5.74) is 12.0. The number of halogens is 2. The molecule has 0 bridgehead atoms.